The van der Waals surface area contributed by atoms with Gasteiger partial charge in [0.25, 0.3) is 0 Å². The molecule has 0 aromatic heterocycles. The van der Waals surface area contributed by atoms with Gasteiger partial charge in [-0.3, -0.25) is 9.80 Å². The van der Waals surface area contributed by atoms with Gasteiger partial charge in [0.2, 0.25) is 0 Å². The lowest BCUT2D eigenvalue weighted by molar-refractivity contribution is 0.223. The van der Waals surface area contributed by atoms with E-state index in [0.29, 0.717) is 0 Å². The molecule has 0 aliphatic carbocycles. The number of hydrogen-bond donors (Lipinski definition) is 1. The molecule has 0 spiro atoms. The second-order valence-corrected chi connectivity index (χ2v) is 6.90. The van der Waals surface area contributed by atoms with E-state index in [1.807, 2.05) is 0 Å². The average Bonchev–Trinajstić information content (AvgIpc) is 2.68. The van der Waals surface area contributed by atoms with E-state index in [1.54, 1.807) is 0 Å². The highest BCUT2D eigenvalue weighted by molar-refractivity contribution is 9.10. The molecule has 3 rings (SSSR count). The van der Waals surface area contributed by atoms with Crippen molar-refractivity contribution in [3.05, 3.63) is 28.7 Å². The number of fused-ring (bicyclic) bond motifs is 2. The molecule has 2 saturated heterocycles. The van der Waals surface area contributed by atoms with Crippen LogP contribution in [-0.2, 0) is 0 Å². The smallest absolute Gasteiger partial charge is 0.0485 e. The van der Waals surface area contributed by atoms with Crippen molar-refractivity contribution in [2.45, 2.75) is 31.3 Å². The highest BCUT2D eigenvalue weighted by Gasteiger charge is 2.34. The van der Waals surface area contributed by atoms with Crippen LogP contribution < -0.4 is 5.32 Å². The lowest BCUT2D eigenvalue weighted by atomic mass is 10.1. The topological polar surface area (TPSA) is 18.5 Å². The lowest BCUT2D eigenvalue weighted by Gasteiger charge is -2.25. The zero-order chi connectivity index (χ0) is 13.9. The van der Waals surface area contributed by atoms with Gasteiger partial charge in [-0.25, -0.2) is 0 Å². The molecule has 2 aliphatic rings. The van der Waals surface area contributed by atoms with E-state index >= 15 is 0 Å². The summed E-state index contributed by atoms with van der Waals surface area (Å²) in [5.74, 6) is 0. The maximum absolute atomic E-state index is 3.59. The average molecular weight is 338 g/mol. The third-order valence-corrected chi connectivity index (χ3v) is 5.54. The molecule has 2 unspecified atom stereocenters. The molecular formula is C16H24BrN3. The number of rotatable bonds is 4. The quantitative estimate of drug-likeness (QED) is 0.910. The van der Waals surface area contributed by atoms with Crippen LogP contribution in [0, 0.1) is 0 Å². The van der Waals surface area contributed by atoms with Crippen molar-refractivity contribution in [3.63, 3.8) is 0 Å². The van der Waals surface area contributed by atoms with E-state index in [2.05, 4.69) is 62.4 Å². The molecule has 0 saturated carbocycles. The Hall–Kier alpha value is -0.580. The zero-order valence-corrected chi connectivity index (χ0v) is 13.8. The number of para-hydroxylation sites is 1. The van der Waals surface area contributed by atoms with E-state index in [-0.39, 0.29) is 0 Å². The second-order valence-electron chi connectivity index (χ2n) is 6.05. The van der Waals surface area contributed by atoms with Gasteiger partial charge in [0.15, 0.2) is 0 Å². The van der Waals surface area contributed by atoms with Crippen LogP contribution in [0.2, 0.25) is 0 Å². The van der Waals surface area contributed by atoms with Crippen LogP contribution in [0.1, 0.15) is 19.3 Å². The van der Waals surface area contributed by atoms with Crippen molar-refractivity contribution in [1.29, 1.82) is 0 Å². The Balaban J connectivity index is 1.48. The summed E-state index contributed by atoms with van der Waals surface area (Å²) in [7, 11) is 2.31. The Morgan fingerprint density at radius 1 is 1.20 bits per heavy atom. The van der Waals surface area contributed by atoms with Crippen molar-refractivity contribution in [2.75, 3.05) is 38.5 Å². The lowest BCUT2D eigenvalue weighted by Crippen LogP contribution is -2.38. The first-order chi connectivity index (χ1) is 9.74. The molecule has 0 amide bonds. The Kier molecular flexibility index (Phi) is 4.64. The van der Waals surface area contributed by atoms with Gasteiger partial charge in [0, 0.05) is 41.9 Å². The van der Waals surface area contributed by atoms with E-state index in [0.717, 1.165) is 29.6 Å². The molecule has 2 bridgehead atoms. The van der Waals surface area contributed by atoms with Crippen LogP contribution in [0.5, 0.6) is 0 Å². The van der Waals surface area contributed by atoms with Crippen LogP contribution in [0.25, 0.3) is 0 Å². The summed E-state index contributed by atoms with van der Waals surface area (Å²) in [5.41, 5.74) is 1.20. The molecule has 1 aromatic rings. The van der Waals surface area contributed by atoms with E-state index < -0.39 is 0 Å². The van der Waals surface area contributed by atoms with Gasteiger partial charge in [-0.2, -0.15) is 0 Å². The standard InChI is InChI=1S/C16H24BrN3/c1-19-13-6-7-14(19)12-20(10-8-13)11-9-18-16-5-3-2-4-15(16)17/h2-5,13-14,18H,6-12H2,1H3. The fourth-order valence-corrected chi connectivity index (χ4v) is 3.96. The highest BCUT2D eigenvalue weighted by Crippen LogP contribution is 2.28. The number of likely N-dealkylation sites (N-methyl/N-ethyl adjacent to an activating group) is 1. The predicted molar refractivity (Wildman–Crippen MR) is 88.3 cm³/mol. The van der Waals surface area contributed by atoms with Crippen LogP contribution in [-0.4, -0.2) is 55.1 Å². The number of likely N-dealkylation sites (tertiary alicyclic amines) is 1. The molecule has 4 heteroatoms. The van der Waals surface area contributed by atoms with Crippen LogP contribution in [0.3, 0.4) is 0 Å². The van der Waals surface area contributed by atoms with Crippen molar-refractivity contribution < 1.29 is 0 Å². The molecule has 2 aliphatic heterocycles. The fourth-order valence-electron chi connectivity index (χ4n) is 3.54. The summed E-state index contributed by atoms with van der Waals surface area (Å²) in [4.78, 5) is 5.24. The van der Waals surface area contributed by atoms with Crippen molar-refractivity contribution in [2.24, 2.45) is 0 Å². The minimum absolute atomic E-state index is 0.783. The van der Waals surface area contributed by atoms with Crippen LogP contribution in [0.15, 0.2) is 28.7 Å². The minimum atomic E-state index is 0.783. The van der Waals surface area contributed by atoms with Gasteiger partial charge in [0.1, 0.15) is 0 Å². The Morgan fingerprint density at radius 3 is 2.85 bits per heavy atom. The van der Waals surface area contributed by atoms with Gasteiger partial charge in [-0.1, -0.05) is 12.1 Å². The number of nitrogens with zero attached hydrogens (tertiary/aromatic N) is 2. The molecule has 110 valence electrons. The maximum Gasteiger partial charge on any atom is 0.0485 e. The second kappa shape index (κ2) is 6.46. The molecule has 1 N–H and O–H groups in total. The Morgan fingerprint density at radius 2 is 2.00 bits per heavy atom. The zero-order valence-electron chi connectivity index (χ0n) is 12.2. The summed E-state index contributed by atoms with van der Waals surface area (Å²) in [6.07, 6.45) is 4.13. The first-order valence-electron chi connectivity index (χ1n) is 7.67. The van der Waals surface area contributed by atoms with Gasteiger partial charge in [-0.15, -0.1) is 0 Å². The molecule has 0 radical (unpaired) electrons. The number of anilines is 1. The molecule has 2 atom stereocenters. The van der Waals surface area contributed by atoms with E-state index in [4.69, 9.17) is 0 Å². The molecule has 20 heavy (non-hydrogen) atoms. The fraction of sp³-hybridized carbons (Fsp3) is 0.625. The van der Waals surface area contributed by atoms with E-state index in [9.17, 15) is 0 Å². The van der Waals surface area contributed by atoms with Crippen LogP contribution in [0.4, 0.5) is 5.69 Å². The molecule has 1 aromatic carbocycles. The number of hydrogen-bond acceptors (Lipinski definition) is 3. The summed E-state index contributed by atoms with van der Waals surface area (Å²) in [6.45, 7) is 4.65. The summed E-state index contributed by atoms with van der Waals surface area (Å²) in [6, 6.07) is 9.96. The Labute approximate surface area is 130 Å². The number of halogens is 1. The van der Waals surface area contributed by atoms with Gasteiger partial charge in [0.05, 0.1) is 0 Å². The largest absolute Gasteiger partial charge is 0.383 e. The monoisotopic (exact) mass is 337 g/mol. The highest BCUT2D eigenvalue weighted by atomic mass is 79.9. The molecule has 2 heterocycles. The molecule has 3 nitrogen and oxygen atoms in total. The van der Waals surface area contributed by atoms with Crippen molar-refractivity contribution >= 4 is 21.6 Å². The normalized spacial score (nSPS) is 27.5. The SMILES string of the molecule is CN1C2CCC1CN(CCNc1ccccc1Br)CC2. The first kappa shape index (κ1) is 14.4. The van der Waals surface area contributed by atoms with Crippen molar-refractivity contribution in [1.82, 2.24) is 9.80 Å². The number of nitrogens with one attached hydrogen (secondary N) is 1. The van der Waals surface area contributed by atoms with Crippen LogP contribution >= 0.6 is 15.9 Å². The molecular weight excluding hydrogens is 314 g/mol. The minimum Gasteiger partial charge on any atom is -0.383 e. The summed E-state index contributed by atoms with van der Waals surface area (Å²) < 4.78 is 1.15. The van der Waals surface area contributed by atoms with Gasteiger partial charge in [-0.05, 0) is 60.9 Å². The number of benzene rings is 1. The maximum atomic E-state index is 3.59. The third kappa shape index (κ3) is 3.18. The van der Waals surface area contributed by atoms with E-state index in [1.165, 1.54) is 38.0 Å². The third-order valence-electron chi connectivity index (χ3n) is 4.85. The van der Waals surface area contributed by atoms with Crippen molar-refractivity contribution in [3.8, 4) is 0 Å². The summed E-state index contributed by atoms with van der Waals surface area (Å²) in [5, 5.41) is 3.53. The van der Waals surface area contributed by atoms with Gasteiger partial charge >= 0.3 is 0 Å². The molecule has 2 fully saturated rings. The predicted octanol–water partition coefficient (Wildman–Crippen LogP) is 3.03. The summed E-state index contributed by atoms with van der Waals surface area (Å²) >= 11 is 3.59. The van der Waals surface area contributed by atoms with Gasteiger partial charge < -0.3 is 5.32 Å². The first-order valence-corrected chi connectivity index (χ1v) is 8.46. The Bertz CT molecular complexity index is 451.